The van der Waals surface area contributed by atoms with Crippen LogP contribution in [-0.2, 0) is 25.1 Å². The molecule has 1 aromatic heterocycles. The average Bonchev–Trinajstić information content (AvgIpc) is 2.52. The van der Waals surface area contributed by atoms with Gasteiger partial charge >= 0.3 is 0 Å². The van der Waals surface area contributed by atoms with Crippen molar-refractivity contribution in [3.05, 3.63) is 51.5 Å². The Hall–Kier alpha value is -0.910. The average molecular weight is 364 g/mol. The van der Waals surface area contributed by atoms with E-state index in [1.165, 1.54) is 21.8 Å². The molecule has 0 bridgehead atoms. The lowest BCUT2D eigenvalue weighted by molar-refractivity contribution is 0.611. The highest BCUT2D eigenvalue weighted by Gasteiger charge is 2.16. The molecule has 3 rings (SSSR count). The highest BCUT2D eigenvalue weighted by molar-refractivity contribution is 9.10. The van der Waals surface area contributed by atoms with Crippen LogP contribution in [0, 0.1) is 0 Å². The number of fused-ring (bicyclic) bond motifs is 1. The summed E-state index contributed by atoms with van der Waals surface area (Å²) in [6.07, 6.45) is 2.04. The summed E-state index contributed by atoms with van der Waals surface area (Å²) in [6.45, 7) is 4.09. The number of nitrogens with one attached hydrogen (secondary N) is 1. The Morgan fingerprint density at radius 1 is 1.33 bits per heavy atom. The molecular weight excluding hydrogens is 346 g/mol. The molecule has 110 valence electrons. The van der Waals surface area contributed by atoms with Crippen molar-refractivity contribution in [3.8, 4) is 0 Å². The van der Waals surface area contributed by atoms with Gasteiger partial charge in [0.1, 0.15) is 5.82 Å². The Morgan fingerprint density at radius 2 is 2.24 bits per heavy atom. The maximum atomic E-state index is 4.77. The number of aryl methyl sites for hydroxylation is 1. The first-order chi connectivity index (χ1) is 10.3. The molecule has 0 atom stereocenters. The molecule has 2 aromatic rings. The van der Waals surface area contributed by atoms with Crippen molar-refractivity contribution in [2.75, 3.05) is 6.54 Å². The third-order valence-electron chi connectivity index (χ3n) is 3.57. The van der Waals surface area contributed by atoms with Gasteiger partial charge in [0, 0.05) is 21.6 Å². The van der Waals surface area contributed by atoms with E-state index in [1.54, 1.807) is 11.8 Å². The summed E-state index contributed by atoms with van der Waals surface area (Å²) in [5.74, 6) is 1.76. The van der Waals surface area contributed by atoms with Crippen molar-refractivity contribution < 1.29 is 0 Å². The molecule has 0 aliphatic carbocycles. The van der Waals surface area contributed by atoms with E-state index in [9.17, 15) is 0 Å². The third kappa shape index (κ3) is 3.65. The highest BCUT2D eigenvalue weighted by atomic mass is 79.9. The summed E-state index contributed by atoms with van der Waals surface area (Å²) in [7, 11) is 0. The van der Waals surface area contributed by atoms with Gasteiger partial charge in [-0.3, -0.25) is 0 Å². The number of hydrogen-bond acceptors (Lipinski definition) is 4. The first-order valence-corrected chi connectivity index (χ1v) is 9.00. The lowest BCUT2D eigenvalue weighted by Gasteiger charge is -2.19. The van der Waals surface area contributed by atoms with E-state index in [0.717, 1.165) is 42.0 Å². The number of thioether (sulfide) groups is 1. The van der Waals surface area contributed by atoms with Crippen LogP contribution in [0.2, 0.25) is 0 Å². The molecule has 3 nitrogen and oxygen atoms in total. The highest BCUT2D eigenvalue weighted by Crippen LogP contribution is 2.25. The van der Waals surface area contributed by atoms with Crippen molar-refractivity contribution >= 4 is 27.7 Å². The van der Waals surface area contributed by atoms with Crippen LogP contribution >= 0.6 is 27.7 Å². The molecule has 0 fully saturated rings. The van der Waals surface area contributed by atoms with E-state index in [2.05, 4.69) is 46.4 Å². The van der Waals surface area contributed by atoms with Crippen molar-refractivity contribution in [3.63, 3.8) is 0 Å². The van der Waals surface area contributed by atoms with Gasteiger partial charge in [0.2, 0.25) is 0 Å². The van der Waals surface area contributed by atoms with Crippen molar-refractivity contribution in [1.82, 2.24) is 15.3 Å². The number of halogens is 1. The van der Waals surface area contributed by atoms with Crippen LogP contribution in [0.4, 0.5) is 0 Å². The van der Waals surface area contributed by atoms with E-state index >= 15 is 0 Å². The van der Waals surface area contributed by atoms with Gasteiger partial charge in [-0.2, -0.15) is 0 Å². The van der Waals surface area contributed by atoms with Crippen LogP contribution < -0.4 is 5.32 Å². The molecule has 21 heavy (non-hydrogen) atoms. The molecule has 0 radical (unpaired) electrons. The fraction of sp³-hybridized carbons (Fsp3) is 0.375. The zero-order chi connectivity index (χ0) is 14.7. The summed E-state index contributed by atoms with van der Waals surface area (Å²) in [6, 6.07) is 8.35. The molecular formula is C16H18BrN3S. The van der Waals surface area contributed by atoms with Crippen LogP contribution in [0.15, 0.2) is 33.6 Å². The predicted molar refractivity (Wildman–Crippen MR) is 90.5 cm³/mol. The minimum atomic E-state index is 0.816. The topological polar surface area (TPSA) is 37.8 Å². The summed E-state index contributed by atoms with van der Waals surface area (Å²) < 4.78 is 1.11. The Bertz CT molecular complexity index is 628. The Balaban J connectivity index is 1.79. The standard InChI is InChI=1S/C16H18BrN3S/c1-2-14-13-6-7-18-9-15(13)20-16(19-14)10-21-12-5-3-4-11(17)8-12/h3-5,8,18H,2,6-7,9-10H2,1H3. The van der Waals surface area contributed by atoms with Crippen LogP contribution in [0.5, 0.6) is 0 Å². The molecule has 1 N–H and O–H groups in total. The second-order valence-corrected chi connectivity index (χ2v) is 7.00. The second kappa shape index (κ2) is 6.90. The van der Waals surface area contributed by atoms with E-state index in [4.69, 9.17) is 9.97 Å². The van der Waals surface area contributed by atoms with Gasteiger partial charge < -0.3 is 5.32 Å². The Labute approximate surface area is 138 Å². The van der Waals surface area contributed by atoms with Crippen molar-refractivity contribution in [2.45, 2.75) is 37.0 Å². The van der Waals surface area contributed by atoms with Crippen molar-refractivity contribution in [2.24, 2.45) is 0 Å². The summed E-state index contributed by atoms with van der Waals surface area (Å²) in [4.78, 5) is 10.8. The van der Waals surface area contributed by atoms with Gasteiger partial charge in [0.15, 0.2) is 0 Å². The maximum Gasteiger partial charge on any atom is 0.139 e. The van der Waals surface area contributed by atoms with E-state index in [1.807, 2.05) is 6.07 Å². The largest absolute Gasteiger partial charge is 0.311 e. The van der Waals surface area contributed by atoms with Gasteiger partial charge in [0.25, 0.3) is 0 Å². The zero-order valence-electron chi connectivity index (χ0n) is 12.0. The minimum absolute atomic E-state index is 0.816. The van der Waals surface area contributed by atoms with Crippen LogP contribution in [0.25, 0.3) is 0 Å². The Morgan fingerprint density at radius 3 is 3.05 bits per heavy atom. The number of nitrogens with zero attached hydrogens (tertiary/aromatic N) is 2. The molecule has 1 aromatic carbocycles. The maximum absolute atomic E-state index is 4.77. The van der Waals surface area contributed by atoms with Crippen LogP contribution in [0.3, 0.4) is 0 Å². The fourth-order valence-electron chi connectivity index (χ4n) is 2.55. The molecule has 0 spiro atoms. The quantitative estimate of drug-likeness (QED) is 0.839. The van der Waals surface area contributed by atoms with E-state index in [-0.39, 0.29) is 0 Å². The zero-order valence-corrected chi connectivity index (χ0v) is 14.4. The van der Waals surface area contributed by atoms with Gasteiger partial charge in [0.05, 0.1) is 11.4 Å². The second-order valence-electron chi connectivity index (χ2n) is 5.04. The summed E-state index contributed by atoms with van der Waals surface area (Å²) in [5, 5.41) is 3.40. The molecule has 0 saturated carbocycles. The van der Waals surface area contributed by atoms with E-state index in [0.29, 0.717) is 0 Å². The smallest absolute Gasteiger partial charge is 0.139 e. The third-order valence-corrected chi connectivity index (χ3v) is 5.05. The molecule has 5 heteroatoms. The number of hydrogen-bond donors (Lipinski definition) is 1. The molecule has 1 aliphatic rings. The first-order valence-electron chi connectivity index (χ1n) is 7.23. The summed E-state index contributed by atoms with van der Waals surface area (Å²) >= 11 is 5.29. The monoisotopic (exact) mass is 363 g/mol. The number of benzene rings is 1. The summed E-state index contributed by atoms with van der Waals surface area (Å²) in [5.41, 5.74) is 3.79. The number of aromatic nitrogens is 2. The van der Waals surface area contributed by atoms with Crippen LogP contribution in [0.1, 0.15) is 29.7 Å². The van der Waals surface area contributed by atoms with Gasteiger partial charge in [-0.25, -0.2) is 9.97 Å². The minimum Gasteiger partial charge on any atom is -0.311 e. The fourth-order valence-corrected chi connectivity index (χ4v) is 3.92. The van der Waals surface area contributed by atoms with Crippen LogP contribution in [-0.4, -0.2) is 16.5 Å². The molecule has 0 amide bonds. The van der Waals surface area contributed by atoms with Gasteiger partial charge in [-0.15, -0.1) is 11.8 Å². The molecule has 1 aliphatic heterocycles. The Kier molecular flexibility index (Phi) is 4.93. The lowest BCUT2D eigenvalue weighted by Crippen LogP contribution is -2.27. The van der Waals surface area contributed by atoms with Gasteiger partial charge in [-0.1, -0.05) is 28.9 Å². The molecule has 0 unspecified atom stereocenters. The number of rotatable bonds is 4. The lowest BCUT2D eigenvalue weighted by atomic mass is 10.0. The first kappa shape index (κ1) is 15.0. The normalized spacial score (nSPS) is 14.0. The SMILES string of the molecule is CCc1nc(CSc2cccc(Br)c2)nc2c1CCNC2. The predicted octanol–water partition coefficient (Wildman–Crippen LogP) is 3.74. The van der Waals surface area contributed by atoms with E-state index < -0.39 is 0 Å². The van der Waals surface area contributed by atoms with Gasteiger partial charge in [-0.05, 0) is 43.1 Å². The molecule has 0 saturated heterocycles. The van der Waals surface area contributed by atoms with Crippen molar-refractivity contribution in [1.29, 1.82) is 0 Å². The molecule has 2 heterocycles.